The van der Waals surface area contributed by atoms with E-state index in [-0.39, 0.29) is 18.1 Å². The molecule has 18 heavy (non-hydrogen) atoms. The highest BCUT2D eigenvalue weighted by atomic mass is 16.2. The Labute approximate surface area is 108 Å². The summed E-state index contributed by atoms with van der Waals surface area (Å²) in [5.41, 5.74) is 2.18. The number of nitrogens with zero attached hydrogens (tertiary/aromatic N) is 2. The predicted molar refractivity (Wildman–Crippen MR) is 72.5 cm³/mol. The van der Waals surface area contributed by atoms with Gasteiger partial charge in [-0.3, -0.25) is 9.59 Å². The number of rotatable bonds is 5. The van der Waals surface area contributed by atoms with Crippen LogP contribution in [0.1, 0.15) is 18.9 Å². The van der Waals surface area contributed by atoms with Crippen LogP contribution >= 0.6 is 0 Å². The van der Waals surface area contributed by atoms with Crippen LogP contribution in [0.5, 0.6) is 0 Å². The summed E-state index contributed by atoms with van der Waals surface area (Å²) < 4.78 is 0. The van der Waals surface area contributed by atoms with Crippen molar-refractivity contribution in [2.24, 2.45) is 0 Å². The van der Waals surface area contributed by atoms with E-state index < -0.39 is 0 Å². The van der Waals surface area contributed by atoms with Gasteiger partial charge in [0.2, 0.25) is 5.91 Å². The number of anilines is 1. The summed E-state index contributed by atoms with van der Waals surface area (Å²) in [6.45, 7) is 1.96. The predicted octanol–water partition coefficient (Wildman–Crippen LogP) is 1.69. The molecule has 0 heterocycles. The molecule has 0 aliphatic heterocycles. The van der Waals surface area contributed by atoms with Gasteiger partial charge in [0.1, 0.15) is 5.78 Å². The zero-order valence-corrected chi connectivity index (χ0v) is 11.4. The largest absolute Gasteiger partial charge is 0.378 e. The summed E-state index contributed by atoms with van der Waals surface area (Å²) in [6.07, 6.45) is -0.0215. The van der Waals surface area contributed by atoms with E-state index in [1.54, 1.807) is 11.9 Å². The third kappa shape index (κ3) is 4.20. The van der Waals surface area contributed by atoms with Crippen LogP contribution in [-0.2, 0) is 16.1 Å². The Kier molecular flexibility index (Phi) is 4.89. The zero-order chi connectivity index (χ0) is 13.7. The minimum atomic E-state index is -0.140. The van der Waals surface area contributed by atoms with Gasteiger partial charge in [-0.05, 0) is 24.6 Å². The second kappa shape index (κ2) is 6.19. The highest BCUT2D eigenvalue weighted by molar-refractivity contribution is 5.96. The van der Waals surface area contributed by atoms with Crippen molar-refractivity contribution in [1.82, 2.24) is 4.90 Å². The molecule has 0 saturated heterocycles. The van der Waals surface area contributed by atoms with Gasteiger partial charge in [0.25, 0.3) is 0 Å². The van der Waals surface area contributed by atoms with Crippen molar-refractivity contribution in [3.8, 4) is 0 Å². The average Bonchev–Trinajstić information content (AvgIpc) is 2.28. The fourth-order valence-corrected chi connectivity index (χ4v) is 1.61. The maximum absolute atomic E-state index is 11.6. The van der Waals surface area contributed by atoms with E-state index in [2.05, 4.69) is 0 Å². The van der Waals surface area contributed by atoms with E-state index in [0.29, 0.717) is 6.54 Å². The smallest absolute Gasteiger partial charge is 0.230 e. The number of benzene rings is 1. The third-order valence-electron chi connectivity index (χ3n) is 2.70. The monoisotopic (exact) mass is 248 g/mol. The molecule has 1 aromatic rings. The van der Waals surface area contributed by atoms with Crippen LogP contribution in [0.25, 0.3) is 0 Å². The summed E-state index contributed by atoms with van der Waals surface area (Å²) in [7, 11) is 5.68. The molecule has 0 unspecified atom stereocenters. The average molecular weight is 248 g/mol. The lowest BCUT2D eigenvalue weighted by Crippen LogP contribution is -2.27. The molecule has 4 nitrogen and oxygen atoms in total. The summed E-state index contributed by atoms with van der Waals surface area (Å²) >= 11 is 0. The van der Waals surface area contributed by atoms with E-state index in [1.807, 2.05) is 43.3 Å². The normalized spacial score (nSPS) is 10.0. The highest BCUT2D eigenvalue weighted by Crippen LogP contribution is 2.13. The third-order valence-corrected chi connectivity index (χ3v) is 2.70. The Morgan fingerprint density at radius 3 is 2.06 bits per heavy atom. The van der Waals surface area contributed by atoms with Crippen LogP contribution in [0, 0.1) is 0 Å². The van der Waals surface area contributed by atoms with Crippen LogP contribution in [0.4, 0.5) is 5.69 Å². The van der Waals surface area contributed by atoms with Crippen LogP contribution in [0.2, 0.25) is 0 Å². The molecule has 98 valence electrons. The maximum atomic E-state index is 11.6. The molecule has 0 radical (unpaired) electrons. The summed E-state index contributed by atoms with van der Waals surface area (Å²) in [6, 6.07) is 8.01. The van der Waals surface area contributed by atoms with Gasteiger partial charge in [-0.15, -0.1) is 0 Å². The van der Waals surface area contributed by atoms with E-state index in [0.717, 1.165) is 11.3 Å². The van der Waals surface area contributed by atoms with Gasteiger partial charge < -0.3 is 9.80 Å². The van der Waals surface area contributed by atoms with Crippen molar-refractivity contribution < 1.29 is 9.59 Å². The first-order valence-electron chi connectivity index (χ1n) is 5.90. The van der Waals surface area contributed by atoms with Crippen molar-refractivity contribution in [2.75, 3.05) is 26.0 Å². The van der Waals surface area contributed by atoms with Gasteiger partial charge in [0.15, 0.2) is 0 Å². The SMILES string of the molecule is CC(=O)CC(=O)N(C)Cc1ccc(N(C)C)cc1. The van der Waals surface area contributed by atoms with E-state index in [9.17, 15) is 9.59 Å². The number of carbonyl (C=O) groups is 2. The zero-order valence-electron chi connectivity index (χ0n) is 11.4. The first kappa shape index (κ1) is 14.2. The maximum Gasteiger partial charge on any atom is 0.230 e. The molecule has 0 bridgehead atoms. The molecule has 1 amide bonds. The number of amides is 1. The van der Waals surface area contributed by atoms with Gasteiger partial charge in [-0.1, -0.05) is 12.1 Å². The quantitative estimate of drug-likeness (QED) is 0.745. The van der Waals surface area contributed by atoms with Gasteiger partial charge in [0, 0.05) is 33.4 Å². The van der Waals surface area contributed by atoms with Crippen LogP contribution < -0.4 is 4.90 Å². The van der Waals surface area contributed by atoms with Crippen molar-refractivity contribution in [1.29, 1.82) is 0 Å². The summed E-state index contributed by atoms with van der Waals surface area (Å²) in [5, 5.41) is 0. The Hall–Kier alpha value is -1.84. The molecule has 0 atom stereocenters. The number of hydrogen-bond acceptors (Lipinski definition) is 3. The number of Topliss-reactive ketones (excluding diaryl/α,β-unsaturated/α-hetero) is 1. The van der Waals surface area contributed by atoms with Crippen molar-refractivity contribution >= 4 is 17.4 Å². The van der Waals surface area contributed by atoms with E-state index in [1.165, 1.54) is 6.92 Å². The molecule has 0 spiro atoms. The van der Waals surface area contributed by atoms with Gasteiger partial charge in [-0.25, -0.2) is 0 Å². The number of hydrogen-bond donors (Lipinski definition) is 0. The molecule has 0 saturated carbocycles. The second-order valence-corrected chi connectivity index (χ2v) is 4.69. The van der Waals surface area contributed by atoms with Gasteiger partial charge in [0.05, 0.1) is 6.42 Å². The highest BCUT2D eigenvalue weighted by Gasteiger charge is 2.11. The Bertz CT molecular complexity index is 424. The molecular weight excluding hydrogens is 228 g/mol. The number of carbonyl (C=O) groups excluding carboxylic acids is 2. The molecule has 0 N–H and O–H groups in total. The van der Waals surface area contributed by atoms with Crippen molar-refractivity contribution in [3.05, 3.63) is 29.8 Å². The lowest BCUT2D eigenvalue weighted by atomic mass is 10.2. The fourth-order valence-electron chi connectivity index (χ4n) is 1.61. The van der Waals surface area contributed by atoms with Gasteiger partial charge >= 0.3 is 0 Å². The topological polar surface area (TPSA) is 40.6 Å². The van der Waals surface area contributed by atoms with Crippen molar-refractivity contribution in [2.45, 2.75) is 19.9 Å². The first-order chi connectivity index (χ1) is 8.40. The van der Waals surface area contributed by atoms with Crippen LogP contribution in [0.15, 0.2) is 24.3 Å². The molecule has 0 fully saturated rings. The minimum absolute atomic E-state index is 0.0215. The molecule has 4 heteroatoms. The molecular formula is C14H20N2O2. The lowest BCUT2D eigenvalue weighted by molar-refractivity contribution is -0.134. The van der Waals surface area contributed by atoms with Crippen LogP contribution in [-0.4, -0.2) is 37.7 Å². The summed E-state index contributed by atoms with van der Waals surface area (Å²) in [5.74, 6) is -0.242. The van der Waals surface area contributed by atoms with E-state index in [4.69, 9.17) is 0 Å². The van der Waals surface area contributed by atoms with E-state index >= 15 is 0 Å². The fraction of sp³-hybridized carbons (Fsp3) is 0.429. The molecule has 1 aromatic carbocycles. The Morgan fingerprint density at radius 2 is 1.61 bits per heavy atom. The lowest BCUT2D eigenvalue weighted by Gasteiger charge is -2.18. The molecule has 0 aliphatic rings. The van der Waals surface area contributed by atoms with Crippen molar-refractivity contribution in [3.63, 3.8) is 0 Å². The van der Waals surface area contributed by atoms with Crippen LogP contribution in [0.3, 0.4) is 0 Å². The Morgan fingerprint density at radius 1 is 1.06 bits per heavy atom. The second-order valence-electron chi connectivity index (χ2n) is 4.69. The molecule has 0 aromatic heterocycles. The minimum Gasteiger partial charge on any atom is -0.378 e. The first-order valence-corrected chi connectivity index (χ1v) is 5.90. The standard InChI is InChI=1S/C14H20N2O2/c1-11(17)9-14(18)16(4)10-12-5-7-13(8-6-12)15(2)3/h5-8H,9-10H2,1-4H3. The molecule has 0 aliphatic carbocycles. The van der Waals surface area contributed by atoms with Gasteiger partial charge in [-0.2, -0.15) is 0 Å². The Balaban J connectivity index is 2.61. The number of ketones is 1. The summed E-state index contributed by atoms with van der Waals surface area (Å²) in [4.78, 5) is 26.1. The molecule has 1 rings (SSSR count).